The van der Waals surface area contributed by atoms with Gasteiger partial charge in [-0.25, -0.2) is 0 Å². The highest BCUT2D eigenvalue weighted by atomic mass is 14.6. The van der Waals surface area contributed by atoms with Crippen LogP contribution in [-0.2, 0) is 0 Å². The van der Waals surface area contributed by atoms with Gasteiger partial charge in [0.05, 0.1) is 0 Å². The second-order valence-corrected chi connectivity index (χ2v) is 7.84. The van der Waals surface area contributed by atoms with Gasteiger partial charge in [-0.15, -0.1) is 0 Å². The molecule has 1 saturated carbocycles. The van der Waals surface area contributed by atoms with Gasteiger partial charge in [0.25, 0.3) is 0 Å². The summed E-state index contributed by atoms with van der Waals surface area (Å²) in [6, 6.07) is 26.2. The molecule has 134 valence electrons. The molecular weight excluding hydrogens is 326 g/mol. The summed E-state index contributed by atoms with van der Waals surface area (Å²) >= 11 is 0. The van der Waals surface area contributed by atoms with Crippen molar-refractivity contribution < 1.29 is 0 Å². The smallest absolute Gasteiger partial charge is 0.0403 e. The Balaban J connectivity index is 1.80. The maximum atomic E-state index is 6.72. The summed E-state index contributed by atoms with van der Waals surface area (Å²) in [5.41, 5.74) is 11.5. The predicted octanol–water partition coefficient (Wildman–Crippen LogP) is 7.29. The van der Waals surface area contributed by atoms with Crippen molar-refractivity contribution in [1.82, 2.24) is 0 Å². The second kappa shape index (κ2) is 6.74. The van der Waals surface area contributed by atoms with E-state index in [1.54, 1.807) is 0 Å². The molecule has 2 N–H and O–H groups in total. The number of benzene rings is 4. The Kier molecular flexibility index (Phi) is 4.09. The average Bonchev–Trinajstić information content (AvgIpc) is 2.74. The van der Waals surface area contributed by atoms with E-state index >= 15 is 0 Å². The molecule has 0 heterocycles. The van der Waals surface area contributed by atoms with E-state index in [2.05, 4.69) is 72.8 Å². The van der Waals surface area contributed by atoms with E-state index in [4.69, 9.17) is 5.73 Å². The van der Waals surface area contributed by atoms with E-state index < -0.39 is 0 Å². The van der Waals surface area contributed by atoms with Gasteiger partial charge < -0.3 is 5.73 Å². The van der Waals surface area contributed by atoms with Crippen LogP contribution in [0.1, 0.15) is 43.6 Å². The zero-order chi connectivity index (χ0) is 18.2. The minimum Gasteiger partial charge on any atom is -0.398 e. The molecule has 0 amide bonds. The molecule has 1 aliphatic carbocycles. The number of hydrogen-bond donors (Lipinski definition) is 1. The number of nitrogen functional groups attached to an aromatic ring is 1. The van der Waals surface area contributed by atoms with Crippen LogP contribution in [0, 0.1) is 0 Å². The van der Waals surface area contributed by atoms with E-state index in [0.29, 0.717) is 5.92 Å². The number of nitrogens with two attached hydrogens (primary N) is 1. The first-order valence-corrected chi connectivity index (χ1v) is 10.1. The number of anilines is 1. The van der Waals surface area contributed by atoms with Crippen molar-refractivity contribution in [3.63, 3.8) is 0 Å². The molecule has 0 spiro atoms. The molecule has 1 nitrogen and oxygen atoms in total. The van der Waals surface area contributed by atoms with E-state index in [1.165, 1.54) is 70.3 Å². The summed E-state index contributed by atoms with van der Waals surface area (Å²) in [7, 11) is 0. The van der Waals surface area contributed by atoms with Crippen molar-refractivity contribution >= 4 is 27.2 Å². The Morgan fingerprint density at radius 3 is 2.15 bits per heavy atom. The highest BCUT2D eigenvalue weighted by Crippen LogP contribution is 2.43. The maximum Gasteiger partial charge on any atom is 0.0403 e. The molecule has 1 fully saturated rings. The first-order valence-electron chi connectivity index (χ1n) is 10.1. The van der Waals surface area contributed by atoms with Gasteiger partial charge >= 0.3 is 0 Å². The van der Waals surface area contributed by atoms with E-state index in [0.717, 1.165) is 5.69 Å². The standard InChI is InChI=1S/C26H25N/c27-25-17-24(19-9-2-1-3-10-19)21-14-6-7-15-23(21)26(25)22-16-8-12-18-11-4-5-13-20(18)22/h4-8,11-17,19H,1-3,9-10,27H2. The summed E-state index contributed by atoms with van der Waals surface area (Å²) in [4.78, 5) is 0. The average molecular weight is 351 g/mol. The molecule has 0 bridgehead atoms. The van der Waals surface area contributed by atoms with E-state index in [-0.39, 0.29) is 0 Å². The van der Waals surface area contributed by atoms with Gasteiger partial charge in [0.1, 0.15) is 0 Å². The Labute approximate surface area is 160 Å². The zero-order valence-corrected chi connectivity index (χ0v) is 15.6. The molecule has 0 aliphatic heterocycles. The SMILES string of the molecule is Nc1cc(C2CCCCC2)c2ccccc2c1-c1cccc2ccccc12. The largest absolute Gasteiger partial charge is 0.398 e. The molecule has 0 aromatic heterocycles. The van der Waals surface area contributed by atoms with Crippen molar-refractivity contribution in [2.24, 2.45) is 0 Å². The minimum atomic E-state index is 0.646. The fourth-order valence-electron chi connectivity index (χ4n) is 4.92. The van der Waals surface area contributed by atoms with Gasteiger partial charge in [-0.3, -0.25) is 0 Å². The molecular formula is C26H25N. The Morgan fingerprint density at radius 2 is 1.33 bits per heavy atom. The van der Waals surface area contributed by atoms with E-state index in [1.807, 2.05) is 0 Å². The summed E-state index contributed by atoms with van der Waals surface area (Å²) in [6.45, 7) is 0. The van der Waals surface area contributed by atoms with Gasteiger partial charge in [-0.2, -0.15) is 0 Å². The summed E-state index contributed by atoms with van der Waals surface area (Å²) in [5.74, 6) is 0.646. The van der Waals surface area contributed by atoms with Crippen LogP contribution in [0.4, 0.5) is 5.69 Å². The van der Waals surface area contributed by atoms with E-state index in [9.17, 15) is 0 Å². The third-order valence-electron chi connectivity index (χ3n) is 6.21. The van der Waals surface area contributed by atoms with Crippen LogP contribution < -0.4 is 5.73 Å². The number of fused-ring (bicyclic) bond motifs is 2. The molecule has 0 atom stereocenters. The third-order valence-corrected chi connectivity index (χ3v) is 6.21. The first-order chi connectivity index (χ1) is 13.3. The fraction of sp³-hybridized carbons (Fsp3) is 0.231. The molecule has 0 saturated heterocycles. The molecule has 4 aromatic rings. The van der Waals surface area contributed by atoms with Gasteiger partial charge in [0.2, 0.25) is 0 Å². The van der Waals surface area contributed by atoms with Crippen LogP contribution >= 0.6 is 0 Å². The van der Waals surface area contributed by atoms with Crippen molar-refractivity contribution in [3.8, 4) is 11.1 Å². The van der Waals surface area contributed by atoms with Crippen LogP contribution in [0.5, 0.6) is 0 Å². The first kappa shape index (κ1) is 16.4. The Bertz CT molecular complexity index is 1110. The quantitative estimate of drug-likeness (QED) is 0.377. The van der Waals surface area contributed by atoms with Crippen molar-refractivity contribution in [2.45, 2.75) is 38.0 Å². The summed E-state index contributed by atoms with van der Waals surface area (Å²) in [5, 5.41) is 5.19. The van der Waals surface area contributed by atoms with Gasteiger partial charge in [0, 0.05) is 11.3 Å². The van der Waals surface area contributed by atoms with Gasteiger partial charge in [-0.1, -0.05) is 86.0 Å². The summed E-state index contributed by atoms with van der Waals surface area (Å²) < 4.78 is 0. The Morgan fingerprint density at radius 1 is 0.667 bits per heavy atom. The van der Waals surface area contributed by atoms with Crippen LogP contribution in [0.3, 0.4) is 0 Å². The predicted molar refractivity (Wildman–Crippen MR) is 117 cm³/mol. The van der Waals surface area contributed by atoms with Gasteiger partial charge in [0.15, 0.2) is 0 Å². The molecule has 0 unspecified atom stereocenters. The molecule has 1 aliphatic rings. The third kappa shape index (κ3) is 2.78. The lowest BCUT2D eigenvalue weighted by molar-refractivity contribution is 0.445. The summed E-state index contributed by atoms with van der Waals surface area (Å²) in [6.07, 6.45) is 6.63. The van der Waals surface area contributed by atoms with Crippen molar-refractivity contribution in [1.29, 1.82) is 0 Å². The lowest BCUT2D eigenvalue weighted by Gasteiger charge is -2.25. The molecule has 0 radical (unpaired) electrons. The van der Waals surface area contributed by atoms with Crippen LogP contribution in [0.15, 0.2) is 72.8 Å². The molecule has 4 aromatic carbocycles. The lowest BCUT2D eigenvalue weighted by atomic mass is 9.80. The number of hydrogen-bond acceptors (Lipinski definition) is 1. The zero-order valence-electron chi connectivity index (χ0n) is 15.6. The molecule has 1 heteroatoms. The van der Waals surface area contributed by atoms with Crippen LogP contribution in [0.2, 0.25) is 0 Å². The van der Waals surface area contributed by atoms with Crippen molar-refractivity contribution in [3.05, 3.63) is 78.4 Å². The van der Waals surface area contributed by atoms with Crippen molar-refractivity contribution in [2.75, 3.05) is 5.73 Å². The molecule has 27 heavy (non-hydrogen) atoms. The minimum absolute atomic E-state index is 0.646. The highest BCUT2D eigenvalue weighted by Gasteiger charge is 2.21. The molecule has 5 rings (SSSR count). The lowest BCUT2D eigenvalue weighted by Crippen LogP contribution is -2.06. The van der Waals surface area contributed by atoms with Crippen LogP contribution in [-0.4, -0.2) is 0 Å². The second-order valence-electron chi connectivity index (χ2n) is 7.84. The normalized spacial score (nSPS) is 15.4. The topological polar surface area (TPSA) is 26.0 Å². The Hall–Kier alpha value is -2.80. The highest BCUT2D eigenvalue weighted by molar-refractivity contribution is 6.10. The van der Waals surface area contributed by atoms with Crippen LogP contribution in [0.25, 0.3) is 32.7 Å². The maximum absolute atomic E-state index is 6.72. The monoisotopic (exact) mass is 351 g/mol. The number of rotatable bonds is 2. The van der Waals surface area contributed by atoms with Gasteiger partial charge in [-0.05, 0) is 57.5 Å². The fourth-order valence-corrected chi connectivity index (χ4v) is 4.92.